The molecule has 0 spiro atoms. The SMILES string of the molecule is CSc1c(I)cc(C(F)(F)F)cc1C(F)(F)F. The molecule has 17 heavy (non-hydrogen) atoms. The van der Waals surface area contributed by atoms with Crippen molar-refractivity contribution in [3.8, 4) is 0 Å². The van der Waals surface area contributed by atoms with E-state index in [1.165, 1.54) is 28.8 Å². The maximum atomic E-state index is 12.6. The number of rotatable bonds is 1. The third kappa shape index (κ3) is 3.43. The number of alkyl halides is 6. The summed E-state index contributed by atoms with van der Waals surface area (Å²) in [5.41, 5.74) is -2.53. The highest BCUT2D eigenvalue weighted by atomic mass is 127. The van der Waals surface area contributed by atoms with Gasteiger partial charge in [-0.05, 0) is 41.0 Å². The second-order valence-corrected chi connectivity index (χ2v) is 5.01. The van der Waals surface area contributed by atoms with Gasteiger partial charge in [0.25, 0.3) is 0 Å². The Bertz CT molecular complexity index is 423. The zero-order valence-corrected chi connectivity index (χ0v) is 11.2. The van der Waals surface area contributed by atoms with Crippen molar-refractivity contribution >= 4 is 34.4 Å². The Kier molecular flexibility index (Phi) is 4.28. The highest BCUT2D eigenvalue weighted by molar-refractivity contribution is 14.1. The van der Waals surface area contributed by atoms with Crippen molar-refractivity contribution in [1.29, 1.82) is 0 Å². The monoisotopic (exact) mass is 386 g/mol. The topological polar surface area (TPSA) is 0 Å². The van der Waals surface area contributed by atoms with E-state index >= 15 is 0 Å². The van der Waals surface area contributed by atoms with Crippen LogP contribution in [0.5, 0.6) is 0 Å². The largest absolute Gasteiger partial charge is 0.417 e. The third-order valence-electron chi connectivity index (χ3n) is 1.88. The van der Waals surface area contributed by atoms with Gasteiger partial charge in [-0.1, -0.05) is 0 Å². The number of hydrogen-bond acceptors (Lipinski definition) is 1. The molecule has 0 aliphatic heterocycles. The summed E-state index contributed by atoms with van der Waals surface area (Å²) in [5.74, 6) is 0. The fourth-order valence-corrected chi connectivity index (χ4v) is 3.11. The second kappa shape index (κ2) is 4.87. The highest BCUT2D eigenvalue weighted by Gasteiger charge is 2.39. The summed E-state index contributed by atoms with van der Waals surface area (Å²) in [6, 6.07) is 0.857. The van der Waals surface area contributed by atoms with E-state index in [4.69, 9.17) is 0 Å². The van der Waals surface area contributed by atoms with Gasteiger partial charge in [-0.15, -0.1) is 11.8 Å². The van der Waals surface area contributed by atoms with Gasteiger partial charge in [0, 0.05) is 8.47 Å². The first-order valence-electron chi connectivity index (χ1n) is 4.09. The number of thioether (sulfide) groups is 1. The van der Waals surface area contributed by atoms with Crippen LogP contribution in [0.2, 0.25) is 0 Å². The van der Waals surface area contributed by atoms with Crippen molar-refractivity contribution in [2.24, 2.45) is 0 Å². The van der Waals surface area contributed by atoms with Gasteiger partial charge in [0.1, 0.15) is 0 Å². The average molecular weight is 386 g/mol. The van der Waals surface area contributed by atoms with Crippen LogP contribution < -0.4 is 0 Å². The molecule has 0 saturated carbocycles. The number of hydrogen-bond donors (Lipinski definition) is 0. The zero-order chi connectivity index (χ0) is 13.4. The van der Waals surface area contributed by atoms with Gasteiger partial charge < -0.3 is 0 Å². The first-order valence-corrected chi connectivity index (χ1v) is 6.39. The van der Waals surface area contributed by atoms with Crippen molar-refractivity contribution in [3.05, 3.63) is 26.8 Å². The van der Waals surface area contributed by atoms with Gasteiger partial charge in [0.2, 0.25) is 0 Å². The molecule has 8 heteroatoms. The van der Waals surface area contributed by atoms with Gasteiger partial charge in [-0.3, -0.25) is 0 Å². The maximum Gasteiger partial charge on any atom is 0.417 e. The molecule has 0 aliphatic carbocycles. The molecule has 96 valence electrons. The molecule has 0 saturated heterocycles. The minimum atomic E-state index is -4.79. The summed E-state index contributed by atoms with van der Waals surface area (Å²) in [6.07, 6.45) is -8.18. The van der Waals surface area contributed by atoms with Crippen LogP contribution >= 0.6 is 34.4 Å². The van der Waals surface area contributed by atoms with Crippen molar-refractivity contribution in [3.63, 3.8) is 0 Å². The van der Waals surface area contributed by atoms with Crippen molar-refractivity contribution in [1.82, 2.24) is 0 Å². The fourth-order valence-electron chi connectivity index (χ4n) is 1.18. The van der Waals surface area contributed by atoms with Crippen LogP contribution in [0.3, 0.4) is 0 Å². The predicted octanol–water partition coefficient (Wildman–Crippen LogP) is 5.05. The lowest BCUT2D eigenvalue weighted by molar-refractivity contribution is -0.144. The predicted molar refractivity (Wildman–Crippen MR) is 60.9 cm³/mol. The molecule has 0 heterocycles. The van der Waals surface area contributed by atoms with Crippen LogP contribution in [0.25, 0.3) is 0 Å². The van der Waals surface area contributed by atoms with Gasteiger partial charge in [-0.2, -0.15) is 26.3 Å². The van der Waals surface area contributed by atoms with Crippen LogP contribution in [-0.2, 0) is 12.4 Å². The Morgan fingerprint density at radius 1 is 1.00 bits per heavy atom. The van der Waals surface area contributed by atoms with Crippen molar-refractivity contribution < 1.29 is 26.3 Å². The van der Waals surface area contributed by atoms with E-state index in [1.54, 1.807) is 0 Å². The molecular formula is C9H5F6IS. The molecule has 0 radical (unpaired) electrons. The Morgan fingerprint density at radius 3 is 1.88 bits per heavy atom. The summed E-state index contributed by atoms with van der Waals surface area (Å²) in [5, 5.41) is 0. The zero-order valence-electron chi connectivity index (χ0n) is 8.21. The smallest absolute Gasteiger partial charge is 0.166 e. The molecule has 0 unspecified atom stereocenters. The van der Waals surface area contributed by atoms with E-state index in [9.17, 15) is 26.3 Å². The normalized spacial score (nSPS) is 12.9. The molecule has 0 aromatic heterocycles. The van der Waals surface area contributed by atoms with Gasteiger partial charge in [-0.25, -0.2) is 0 Å². The summed E-state index contributed by atoms with van der Waals surface area (Å²) < 4.78 is 74.9. The van der Waals surface area contributed by atoms with Gasteiger partial charge in [0.05, 0.1) is 11.1 Å². The van der Waals surface area contributed by atoms with Gasteiger partial charge in [0.15, 0.2) is 0 Å². The Balaban J connectivity index is 3.51. The second-order valence-electron chi connectivity index (χ2n) is 3.03. The number of halogens is 7. The third-order valence-corrected chi connectivity index (χ3v) is 3.95. The lowest BCUT2D eigenvalue weighted by Crippen LogP contribution is -2.13. The molecule has 0 bridgehead atoms. The molecule has 0 atom stereocenters. The summed E-state index contributed by atoms with van der Waals surface area (Å²) in [4.78, 5) is -0.189. The molecule has 0 nitrogen and oxygen atoms in total. The van der Waals surface area contributed by atoms with E-state index in [0.29, 0.717) is 6.07 Å². The summed E-state index contributed by atoms with van der Waals surface area (Å²) in [7, 11) is 0. The van der Waals surface area contributed by atoms with E-state index in [1.807, 2.05) is 0 Å². The van der Waals surface area contributed by atoms with Crippen LogP contribution in [0.15, 0.2) is 17.0 Å². The highest BCUT2D eigenvalue weighted by Crippen LogP contribution is 2.42. The quantitative estimate of drug-likeness (QED) is 0.370. The average Bonchev–Trinajstić information content (AvgIpc) is 2.13. The van der Waals surface area contributed by atoms with Crippen LogP contribution in [0.4, 0.5) is 26.3 Å². The van der Waals surface area contributed by atoms with E-state index in [0.717, 1.165) is 11.8 Å². The summed E-state index contributed by atoms with van der Waals surface area (Å²) >= 11 is 2.24. The first kappa shape index (κ1) is 14.9. The minimum absolute atomic E-state index is 0.0581. The first-order chi connectivity index (χ1) is 7.57. The van der Waals surface area contributed by atoms with Crippen LogP contribution in [-0.4, -0.2) is 6.26 Å². The number of benzene rings is 1. The lowest BCUT2D eigenvalue weighted by Gasteiger charge is -2.16. The van der Waals surface area contributed by atoms with E-state index < -0.39 is 23.5 Å². The van der Waals surface area contributed by atoms with E-state index in [2.05, 4.69) is 0 Å². The van der Waals surface area contributed by atoms with Crippen molar-refractivity contribution in [2.45, 2.75) is 17.2 Å². The molecule has 1 aromatic rings. The van der Waals surface area contributed by atoms with Crippen LogP contribution in [0.1, 0.15) is 11.1 Å². The van der Waals surface area contributed by atoms with Gasteiger partial charge >= 0.3 is 12.4 Å². The van der Waals surface area contributed by atoms with Crippen LogP contribution in [0, 0.1) is 3.57 Å². The maximum absolute atomic E-state index is 12.6. The Hall–Kier alpha value is -0.120. The molecule has 1 rings (SSSR count). The summed E-state index contributed by atoms with van der Waals surface area (Å²) in [6.45, 7) is 0. The fraction of sp³-hybridized carbons (Fsp3) is 0.333. The standard InChI is InChI=1S/C9H5F6IS/c1-17-7-5(9(13,14)15)2-4(3-6(7)16)8(10,11)12/h2-3H,1H3. The molecule has 0 N–H and O–H groups in total. The molecule has 1 aromatic carbocycles. The molecular weight excluding hydrogens is 381 g/mol. The minimum Gasteiger partial charge on any atom is -0.166 e. The Labute approximate surface area is 111 Å². The molecule has 0 fully saturated rings. The molecule has 0 amide bonds. The van der Waals surface area contributed by atoms with E-state index in [-0.39, 0.29) is 14.5 Å². The van der Waals surface area contributed by atoms with Crippen molar-refractivity contribution in [2.75, 3.05) is 6.26 Å². The Morgan fingerprint density at radius 2 is 1.53 bits per heavy atom. The molecule has 0 aliphatic rings. The lowest BCUT2D eigenvalue weighted by atomic mass is 10.1.